The van der Waals surface area contributed by atoms with Crippen LogP contribution in [0.1, 0.15) is 11.4 Å². The number of benzene rings is 1. The molecule has 2 aromatic heterocycles. The van der Waals surface area contributed by atoms with Crippen LogP contribution < -0.4 is 5.49 Å². The summed E-state index contributed by atoms with van der Waals surface area (Å²) in [6, 6.07) is 11.8. The van der Waals surface area contributed by atoms with E-state index in [2.05, 4.69) is 34.5 Å². The second-order valence-electron chi connectivity index (χ2n) is 5.23. The van der Waals surface area contributed by atoms with E-state index in [0.29, 0.717) is 5.49 Å². The minimum atomic E-state index is 0.292. The summed E-state index contributed by atoms with van der Waals surface area (Å²) in [6.07, 6.45) is 2.93. The molecule has 3 N–H and O–H groups in total. The van der Waals surface area contributed by atoms with Crippen LogP contribution in [0.15, 0.2) is 42.6 Å². The van der Waals surface area contributed by atoms with E-state index in [4.69, 9.17) is 10.8 Å². The van der Waals surface area contributed by atoms with Crippen LogP contribution in [0.2, 0.25) is 0 Å². The van der Waals surface area contributed by atoms with Crippen molar-refractivity contribution in [3.8, 4) is 22.3 Å². The van der Waals surface area contributed by atoms with Crippen LogP contribution in [0.3, 0.4) is 0 Å². The maximum atomic E-state index is 7.71. The number of pyridine rings is 1. The predicted molar refractivity (Wildman–Crippen MR) is 87.0 cm³/mol. The molecule has 0 saturated carbocycles. The summed E-state index contributed by atoms with van der Waals surface area (Å²) in [5, 5.41) is 22.3. The van der Waals surface area contributed by atoms with E-state index in [0.717, 1.165) is 40.0 Å². The average Bonchev–Trinajstić information content (AvgIpc) is 2.87. The number of aromatic nitrogens is 3. The van der Waals surface area contributed by atoms with Gasteiger partial charge in [-0.2, -0.15) is 5.10 Å². The summed E-state index contributed by atoms with van der Waals surface area (Å²) in [7, 11) is 0. The van der Waals surface area contributed by atoms with Gasteiger partial charge in [-0.25, -0.2) is 0 Å². The quantitative estimate of drug-likeness (QED) is 0.503. The van der Waals surface area contributed by atoms with Gasteiger partial charge in [-0.1, -0.05) is 24.3 Å². The van der Waals surface area contributed by atoms with Crippen LogP contribution in [-0.4, -0.2) is 21.1 Å². The van der Waals surface area contributed by atoms with Crippen molar-refractivity contribution < 1.29 is 0 Å². The summed E-state index contributed by atoms with van der Waals surface area (Å²) in [6.45, 7) is 4.01. The minimum Gasteiger partial charge on any atom is -0.292 e. The zero-order valence-corrected chi connectivity index (χ0v) is 12.5. The molecule has 2 heterocycles. The van der Waals surface area contributed by atoms with E-state index in [1.54, 1.807) is 12.3 Å². The second kappa shape index (κ2) is 5.44. The number of aryl methyl sites for hydroxylation is 2. The molecule has 0 amide bonds. The third-order valence-electron chi connectivity index (χ3n) is 3.75. The molecular weight excluding hydrogens is 274 g/mol. The highest BCUT2D eigenvalue weighted by atomic mass is 15.1. The van der Waals surface area contributed by atoms with E-state index >= 15 is 0 Å². The predicted octanol–water partition coefficient (Wildman–Crippen LogP) is 3.10. The standard InChI is InChI=1S/C17H17N5/c1-11-17(12(2)21-20-11)14-5-3-13(4-6-14)15-7-8-16(19)22(9-15)10-18/h3-10,18-19H,1-2H3,(H,20,21). The zero-order chi connectivity index (χ0) is 15.7. The van der Waals surface area contributed by atoms with E-state index < -0.39 is 0 Å². The van der Waals surface area contributed by atoms with Crippen molar-refractivity contribution in [2.75, 3.05) is 0 Å². The molecule has 0 saturated heterocycles. The Labute approximate surface area is 128 Å². The van der Waals surface area contributed by atoms with Gasteiger partial charge in [-0.05, 0) is 42.7 Å². The molecule has 0 atom stereocenters. The Morgan fingerprint density at radius 2 is 1.64 bits per heavy atom. The van der Waals surface area contributed by atoms with E-state index in [1.807, 2.05) is 19.9 Å². The molecule has 0 aliphatic rings. The van der Waals surface area contributed by atoms with E-state index in [9.17, 15) is 0 Å². The fraction of sp³-hybridized carbons (Fsp3) is 0.118. The molecule has 5 nitrogen and oxygen atoms in total. The highest BCUT2D eigenvalue weighted by molar-refractivity contribution is 5.73. The largest absolute Gasteiger partial charge is 0.292 e. The molecule has 110 valence electrons. The highest BCUT2D eigenvalue weighted by Gasteiger charge is 2.09. The lowest BCUT2D eigenvalue weighted by Gasteiger charge is -2.07. The molecule has 0 aliphatic carbocycles. The second-order valence-corrected chi connectivity index (χ2v) is 5.23. The smallest absolute Gasteiger partial charge is 0.130 e. The minimum absolute atomic E-state index is 0.292. The lowest BCUT2D eigenvalue weighted by atomic mass is 10.00. The molecule has 0 fully saturated rings. The lowest BCUT2D eigenvalue weighted by molar-refractivity contribution is 0.989. The molecule has 0 spiro atoms. The van der Waals surface area contributed by atoms with Crippen LogP contribution in [0.4, 0.5) is 0 Å². The van der Waals surface area contributed by atoms with Crippen molar-refractivity contribution in [1.82, 2.24) is 14.8 Å². The molecule has 3 rings (SSSR count). The lowest BCUT2D eigenvalue weighted by Crippen LogP contribution is -2.17. The topological polar surface area (TPSA) is 81.3 Å². The summed E-state index contributed by atoms with van der Waals surface area (Å²) >= 11 is 0. The summed E-state index contributed by atoms with van der Waals surface area (Å²) in [4.78, 5) is 0. The Hall–Kier alpha value is -2.95. The first kappa shape index (κ1) is 14.0. The van der Waals surface area contributed by atoms with Crippen molar-refractivity contribution in [3.05, 3.63) is 59.5 Å². The van der Waals surface area contributed by atoms with Gasteiger partial charge in [-0.3, -0.25) is 20.5 Å². The molecule has 0 unspecified atom stereocenters. The van der Waals surface area contributed by atoms with Gasteiger partial charge in [0.1, 0.15) is 5.49 Å². The zero-order valence-electron chi connectivity index (χ0n) is 12.5. The first-order valence-electron chi connectivity index (χ1n) is 7.00. The molecule has 5 heteroatoms. The number of rotatable bonds is 3. The van der Waals surface area contributed by atoms with Crippen LogP contribution in [0, 0.1) is 24.7 Å². The van der Waals surface area contributed by atoms with Crippen molar-refractivity contribution >= 4 is 6.34 Å². The molecule has 0 aliphatic heterocycles. The summed E-state index contributed by atoms with van der Waals surface area (Å²) in [5.41, 5.74) is 6.65. The third kappa shape index (κ3) is 2.37. The normalized spacial score (nSPS) is 10.6. The Kier molecular flexibility index (Phi) is 3.47. The molecular formula is C17H17N5. The van der Waals surface area contributed by atoms with Crippen LogP contribution in [0.25, 0.3) is 22.3 Å². The summed E-state index contributed by atoms with van der Waals surface area (Å²) in [5.74, 6) is 0. The Balaban J connectivity index is 2.02. The Morgan fingerprint density at radius 3 is 2.23 bits per heavy atom. The monoisotopic (exact) mass is 291 g/mol. The molecule has 0 radical (unpaired) electrons. The Bertz CT molecular complexity index is 865. The van der Waals surface area contributed by atoms with Crippen molar-refractivity contribution in [3.63, 3.8) is 0 Å². The maximum absolute atomic E-state index is 7.71. The van der Waals surface area contributed by atoms with E-state index in [1.165, 1.54) is 4.57 Å². The number of hydrogen-bond donors (Lipinski definition) is 3. The number of hydrogen-bond acceptors (Lipinski definition) is 3. The van der Waals surface area contributed by atoms with Gasteiger partial charge in [0, 0.05) is 17.5 Å². The number of nitrogens with one attached hydrogen (secondary N) is 3. The first-order chi connectivity index (χ1) is 10.6. The highest BCUT2D eigenvalue weighted by Crippen LogP contribution is 2.27. The van der Waals surface area contributed by atoms with Gasteiger partial charge in [0.2, 0.25) is 0 Å². The molecule has 3 aromatic rings. The fourth-order valence-electron chi connectivity index (χ4n) is 2.60. The molecule has 1 aromatic carbocycles. The van der Waals surface area contributed by atoms with Crippen LogP contribution in [0.5, 0.6) is 0 Å². The Morgan fingerprint density at radius 1 is 1.00 bits per heavy atom. The van der Waals surface area contributed by atoms with Gasteiger partial charge in [0.05, 0.1) is 12.0 Å². The van der Waals surface area contributed by atoms with Gasteiger partial charge in [0.15, 0.2) is 0 Å². The van der Waals surface area contributed by atoms with Crippen molar-refractivity contribution in [2.24, 2.45) is 0 Å². The van der Waals surface area contributed by atoms with Gasteiger partial charge >= 0.3 is 0 Å². The van der Waals surface area contributed by atoms with Crippen LogP contribution in [-0.2, 0) is 0 Å². The SMILES string of the molecule is Cc1n[nH]c(C)c1-c1ccc(-c2ccc(=N)n(C=N)c2)cc1. The molecule has 22 heavy (non-hydrogen) atoms. The first-order valence-corrected chi connectivity index (χ1v) is 7.00. The van der Waals surface area contributed by atoms with E-state index in [-0.39, 0.29) is 0 Å². The maximum Gasteiger partial charge on any atom is 0.130 e. The van der Waals surface area contributed by atoms with Crippen molar-refractivity contribution in [2.45, 2.75) is 13.8 Å². The summed E-state index contributed by atoms with van der Waals surface area (Å²) < 4.78 is 1.48. The van der Waals surface area contributed by atoms with Gasteiger partial charge < -0.3 is 0 Å². The van der Waals surface area contributed by atoms with Crippen LogP contribution >= 0.6 is 0 Å². The number of nitrogens with zero attached hydrogens (tertiary/aromatic N) is 2. The number of H-pyrrole nitrogens is 1. The van der Waals surface area contributed by atoms with Gasteiger partial charge in [-0.15, -0.1) is 0 Å². The third-order valence-corrected chi connectivity index (χ3v) is 3.75. The van der Waals surface area contributed by atoms with Gasteiger partial charge in [0.25, 0.3) is 0 Å². The fourth-order valence-corrected chi connectivity index (χ4v) is 2.60. The number of aromatic amines is 1. The average molecular weight is 291 g/mol. The molecule has 0 bridgehead atoms. The van der Waals surface area contributed by atoms with Crippen molar-refractivity contribution in [1.29, 1.82) is 10.8 Å².